The molecule has 1 heterocycles. The van der Waals surface area contributed by atoms with Crippen molar-refractivity contribution >= 4 is 33.3 Å². The molecule has 1 N–H and O–H groups in total. The maximum Gasteiger partial charge on any atom is 0.244 e. The van der Waals surface area contributed by atoms with Gasteiger partial charge in [-0.25, -0.2) is 4.39 Å². The first-order valence-electron chi connectivity index (χ1n) is 8.18. The van der Waals surface area contributed by atoms with Crippen molar-refractivity contribution in [2.45, 2.75) is 6.54 Å². The molecule has 0 fully saturated rings. The summed E-state index contributed by atoms with van der Waals surface area (Å²) in [5.74, 6) is -0.705. The van der Waals surface area contributed by atoms with E-state index in [2.05, 4.69) is 5.32 Å². The number of amides is 1. The minimum Gasteiger partial charge on any atom is -0.338 e. The van der Waals surface area contributed by atoms with E-state index in [1.807, 2.05) is 42.5 Å². The average molecular weight is 346 g/mol. The quantitative estimate of drug-likeness (QED) is 0.611. The van der Waals surface area contributed by atoms with Crippen LogP contribution in [0.1, 0.15) is 0 Å². The molecule has 0 aliphatic heterocycles. The number of benzene rings is 3. The lowest BCUT2D eigenvalue weighted by Crippen LogP contribution is -2.20. The van der Waals surface area contributed by atoms with Gasteiger partial charge in [0.05, 0.1) is 5.52 Å². The SMILES string of the molecule is O=C(Cn1ccc(=O)c2cc(F)ccc21)Nc1cccc2ccccc12. The number of hydrogen-bond donors (Lipinski definition) is 1. The van der Waals surface area contributed by atoms with Crippen LogP contribution in [0.4, 0.5) is 10.1 Å². The number of nitrogens with one attached hydrogen (secondary N) is 1. The summed E-state index contributed by atoms with van der Waals surface area (Å²) in [5, 5.41) is 5.16. The fourth-order valence-electron chi connectivity index (χ4n) is 3.10. The van der Waals surface area contributed by atoms with Crippen LogP contribution in [0.15, 0.2) is 77.7 Å². The Morgan fingerprint density at radius 3 is 2.65 bits per heavy atom. The van der Waals surface area contributed by atoms with Gasteiger partial charge in [0.1, 0.15) is 12.4 Å². The maximum absolute atomic E-state index is 13.4. The van der Waals surface area contributed by atoms with Crippen molar-refractivity contribution in [1.29, 1.82) is 0 Å². The molecule has 128 valence electrons. The van der Waals surface area contributed by atoms with Crippen molar-refractivity contribution in [3.05, 3.63) is 89.0 Å². The normalized spacial score (nSPS) is 11.0. The van der Waals surface area contributed by atoms with Crippen LogP contribution in [-0.2, 0) is 11.3 Å². The van der Waals surface area contributed by atoms with Crippen LogP contribution >= 0.6 is 0 Å². The van der Waals surface area contributed by atoms with Crippen molar-refractivity contribution in [3.63, 3.8) is 0 Å². The molecule has 0 aliphatic rings. The third-order valence-electron chi connectivity index (χ3n) is 4.32. The summed E-state index contributed by atoms with van der Waals surface area (Å²) in [6, 6.07) is 18.8. The lowest BCUT2D eigenvalue weighted by molar-refractivity contribution is -0.116. The number of fused-ring (bicyclic) bond motifs is 2. The van der Waals surface area contributed by atoms with Crippen LogP contribution in [0, 0.1) is 5.82 Å². The molecular formula is C21H15FN2O2. The van der Waals surface area contributed by atoms with Gasteiger partial charge in [0.25, 0.3) is 0 Å². The lowest BCUT2D eigenvalue weighted by atomic mass is 10.1. The number of pyridine rings is 1. The zero-order chi connectivity index (χ0) is 18.1. The monoisotopic (exact) mass is 346 g/mol. The molecule has 0 bridgehead atoms. The highest BCUT2D eigenvalue weighted by Crippen LogP contribution is 2.23. The smallest absolute Gasteiger partial charge is 0.244 e. The zero-order valence-electron chi connectivity index (χ0n) is 13.8. The van der Waals surface area contributed by atoms with E-state index in [-0.39, 0.29) is 23.3 Å². The Balaban J connectivity index is 1.66. The first kappa shape index (κ1) is 16.0. The van der Waals surface area contributed by atoms with Gasteiger partial charge in [0.2, 0.25) is 5.91 Å². The van der Waals surface area contributed by atoms with E-state index < -0.39 is 5.82 Å². The van der Waals surface area contributed by atoms with Crippen LogP contribution in [0.25, 0.3) is 21.7 Å². The molecule has 26 heavy (non-hydrogen) atoms. The Hall–Kier alpha value is -3.47. The number of carbonyl (C=O) groups is 1. The summed E-state index contributed by atoms with van der Waals surface area (Å²) >= 11 is 0. The lowest BCUT2D eigenvalue weighted by Gasteiger charge is -2.12. The van der Waals surface area contributed by atoms with Crippen LogP contribution in [0.3, 0.4) is 0 Å². The molecule has 0 radical (unpaired) electrons. The molecule has 0 saturated heterocycles. The molecule has 0 spiro atoms. The molecule has 0 saturated carbocycles. The van der Waals surface area contributed by atoms with Gasteiger partial charge in [-0.1, -0.05) is 36.4 Å². The molecule has 1 amide bonds. The summed E-state index contributed by atoms with van der Waals surface area (Å²) in [6.45, 7) is 0.0195. The standard InChI is InChI=1S/C21H15FN2O2/c22-15-8-9-19-17(12-15)20(25)10-11-24(19)13-21(26)23-18-7-3-5-14-4-1-2-6-16(14)18/h1-12H,13H2,(H,23,26). The fourth-order valence-corrected chi connectivity index (χ4v) is 3.10. The Kier molecular flexibility index (Phi) is 3.97. The van der Waals surface area contributed by atoms with E-state index >= 15 is 0 Å². The first-order chi connectivity index (χ1) is 12.6. The number of anilines is 1. The summed E-state index contributed by atoms with van der Waals surface area (Å²) in [5.41, 5.74) is 0.974. The third-order valence-corrected chi connectivity index (χ3v) is 4.32. The predicted molar refractivity (Wildman–Crippen MR) is 101 cm³/mol. The molecule has 0 unspecified atom stereocenters. The second kappa shape index (κ2) is 6.44. The highest BCUT2D eigenvalue weighted by Gasteiger charge is 2.09. The number of aromatic nitrogens is 1. The Morgan fingerprint density at radius 2 is 1.77 bits per heavy atom. The predicted octanol–water partition coefficient (Wildman–Crippen LogP) is 3.93. The van der Waals surface area contributed by atoms with Crippen LogP contribution in [0.2, 0.25) is 0 Å². The maximum atomic E-state index is 13.4. The van der Waals surface area contributed by atoms with Gasteiger partial charge in [-0.3, -0.25) is 9.59 Å². The molecule has 5 heteroatoms. The topological polar surface area (TPSA) is 51.1 Å². The van der Waals surface area contributed by atoms with E-state index in [0.29, 0.717) is 5.52 Å². The fraction of sp³-hybridized carbons (Fsp3) is 0.0476. The van der Waals surface area contributed by atoms with Crippen molar-refractivity contribution in [1.82, 2.24) is 4.57 Å². The number of halogens is 1. The number of rotatable bonds is 3. The minimum atomic E-state index is -0.479. The molecule has 3 aromatic carbocycles. The number of hydrogen-bond acceptors (Lipinski definition) is 2. The van der Waals surface area contributed by atoms with Crippen LogP contribution < -0.4 is 10.7 Å². The number of nitrogens with zero attached hydrogens (tertiary/aromatic N) is 1. The van der Waals surface area contributed by atoms with E-state index in [1.165, 1.54) is 24.3 Å². The molecular weight excluding hydrogens is 331 g/mol. The highest BCUT2D eigenvalue weighted by atomic mass is 19.1. The van der Waals surface area contributed by atoms with Gasteiger partial charge < -0.3 is 9.88 Å². The van der Waals surface area contributed by atoms with Gasteiger partial charge in [-0.2, -0.15) is 0 Å². The second-order valence-corrected chi connectivity index (χ2v) is 6.04. The van der Waals surface area contributed by atoms with Crippen molar-refractivity contribution in [2.24, 2.45) is 0 Å². The largest absolute Gasteiger partial charge is 0.338 e. The zero-order valence-corrected chi connectivity index (χ0v) is 13.8. The molecule has 0 aliphatic carbocycles. The minimum absolute atomic E-state index is 0.0195. The van der Waals surface area contributed by atoms with Gasteiger partial charge in [0.15, 0.2) is 5.43 Å². The van der Waals surface area contributed by atoms with Crippen molar-refractivity contribution < 1.29 is 9.18 Å². The Labute approximate surface area is 148 Å². The van der Waals surface area contributed by atoms with Gasteiger partial charge in [0, 0.05) is 28.7 Å². The molecule has 0 atom stereocenters. The summed E-state index contributed by atoms with van der Waals surface area (Å²) in [7, 11) is 0. The van der Waals surface area contributed by atoms with E-state index in [9.17, 15) is 14.0 Å². The Bertz CT molecular complexity index is 1190. The summed E-state index contributed by atoms with van der Waals surface area (Å²) < 4.78 is 15.1. The first-order valence-corrected chi connectivity index (χ1v) is 8.18. The number of carbonyl (C=O) groups excluding carboxylic acids is 1. The average Bonchev–Trinajstić information content (AvgIpc) is 2.64. The highest BCUT2D eigenvalue weighted by molar-refractivity contribution is 6.02. The van der Waals surface area contributed by atoms with Crippen LogP contribution in [-0.4, -0.2) is 10.5 Å². The van der Waals surface area contributed by atoms with Crippen molar-refractivity contribution in [3.8, 4) is 0 Å². The van der Waals surface area contributed by atoms with Gasteiger partial charge in [-0.15, -0.1) is 0 Å². The van der Waals surface area contributed by atoms with Crippen molar-refractivity contribution in [2.75, 3.05) is 5.32 Å². The molecule has 4 aromatic rings. The molecule has 1 aromatic heterocycles. The second-order valence-electron chi connectivity index (χ2n) is 6.04. The van der Waals surface area contributed by atoms with Crippen LogP contribution in [0.5, 0.6) is 0 Å². The van der Waals surface area contributed by atoms with E-state index in [1.54, 1.807) is 10.8 Å². The van der Waals surface area contributed by atoms with E-state index in [0.717, 1.165) is 16.5 Å². The Morgan fingerprint density at radius 1 is 0.962 bits per heavy atom. The molecule has 4 rings (SSSR count). The van der Waals surface area contributed by atoms with Gasteiger partial charge in [-0.05, 0) is 29.7 Å². The van der Waals surface area contributed by atoms with Gasteiger partial charge >= 0.3 is 0 Å². The summed E-state index contributed by atoms with van der Waals surface area (Å²) in [4.78, 5) is 24.5. The summed E-state index contributed by atoms with van der Waals surface area (Å²) in [6.07, 6.45) is 1.55. The third kappa shape index (κ3) is 2.95. The van der Waals surface area contributed by atoms with E-state index in [4.69, 9.17) is 0 Å². The molecule has 4 nitrogen and oxygen atoms in total.